The fourth-order valence-electron chi connectivity index (χ4n) is 3.66. The number of carbonyl (C=O) groups is 1. The zero-order valence-electron chi connectivity index (χ0n) is 16.8. The number of carbonyl (C=O) groups excluding carboxylic acids is 1. The SMILES string of the molecule is Cc1ccccc1C1=NO[C@@H](CN(Cc2ccccc2)C(=O)c2cccc(F)c2)C1. The Morgan fingerprint density at radius 3 is 2.60 bits per heavy atom. The zero-order chi connectivity index (χ0) is 20.9. The van der Waals surface area contributed by atoms with Gasteiger partial charge in [0.25, 0.3) is 5.91 Å². The Hall–Kier alpha value is -3.47. The van der Waals surface area contributed by atoms with Gasteiger partial charge in [0, 0.05) is 24.1 Å². The molecular formula is C25H23FN2O2. The molecule has 0 unspecified atom stereocenters. The van der Waals surface area contributed by atoms with E-state index < -0.39 is 5.82 Å². The van der Waals surface area contributed by atoms with Crippen LogP contribution in [0.25, 0.3) is 0 Å². The molecule has 3 aromatic carbocycles. The molecule has 0 N–H and O–H groups in total. The number of nitrogens with zero attached hydrogens (tertiary/aromatic N) is 2. The summed E-state index contributed by atoms with van der Waals surface area (Å²) in [6, 6.07) is 23.6. The van der Waals surface area contributed by atoms with Gasteiger partial charge in [-0.2, -0.15) is 0 Å². The van der Waals surface area contributed by atoms with E-state index in [1.165, 1.54) is 12.1 Å². The van der Waals surface area contributed by atoms with E-state index in [0.29, 0.717) is 25.1 Å². The molecule has 1 atom stereocenters. The molecule has 1 aliphatic heterocycles. The molecule has 0 bridgehead atoms. The summed E-state index contributed by atoms with van der Waals surface area (Å²) in [5.74, 6) is -0.658. The van der Waals surface area contributed by atoms with Gasteiger partial charge >= 0.3 is 0 Å². The fraction of sp³-hybridized carbons (Fsp3) is 0.200. The van der Waals surface area contributed by atoms with Crippen LogP contribution in [0.3, 0.4) is 0 Å². The first-order valence-corrected chi connectivity index (χ1v) is 9.97. The van der Waals surface area contributed by atoms with E-state index in [9.17, 15) is 9.18 Å². The van der Waals surface area contributed by atoms with Gasteiger partial charge in [-0.3, -0.25) is 4.79 Å². The van der Waals surface area contributed by atoms with Gasteiger partial charge in [-0.1, -0.05) is 65.8 Å². The Kier molecular flexibility index (Phi) is 5.89. The minimum Gasteiger partial charge on any atom is -0.390 e. The smallest absolute Gasteiger partial charge is 0.254 e. The average Bonchev–Trinajstić information content (AvgIpc) is 3.22. The molecule has 4 nitrogen and oxygen atoms in total. The highest BCUT2D eigenvalue weighted by Gasteiger charge is 2.28. The maximum Gasteiger partial charge on any atom is 0.254 e. The average molecular weight is 402 g/mol. The molecule has 0 saturated carbocycles. The molecule has 5 heteroatoms. The predicted molar refractivity (Wildman–Crippen MR) is 115 cm³/mol. The van der Waals surface area contributed by atoms with E-state index in [0.717, 1.165) is 22.4 Å². The van der Waals surface area contributed by atoms with E-state index in [1.807, 2.05) is 61.5 Å². The molecule has 0 saturated heterocycles. The van der Waals surface area contributed by atoms with Crippen molar-refractivity contribution in [2.45, 2.75) is 26.0 Å². The van der Waals surface area contributed by atoms with Gasteiger partial charge in [0.15, 0.2) is 6.10 Å². The number of halogens is 1. The molecular weight excluding hydrogens is 379 g/mol. The lowest BCUT2D eigenvalue weighted by Crippen LogP contribution is -2.37. The highest BCUT2D eigenvalue weighted by Crippen LogP contribution is 2.21. The second-order valence-corrected chi connectivity index (χ2v) is 7.47. The predicted octanol–water partition coefficient (Wildman–Crippen LogP) is 4.97. The van der Waals surface area contributed by atoms with Crippen molar-refractivity contribution in [2.24, 2.45) is 5.16 Å². The van der Waals surface area contributed by atoms with Crippen molar-refractivity contribution < 1.29 is 14.0 Å². The van der Waals surface area contributed by atoms with Gasteiger partial charge in [0.05, 0.1) is 12.3 Å². The Morgan fingerprint density at radius 1 is 1.07 bits per heavy atom. The highest BCUT2D eigenvalue weighted by molar-refractivity contribution is 6.02. The first-order valence-electron chi connectivity index (χ1n) is 9.97. The summed E-state index contributed by atoms with van der Waals surface area (Å²) in [4.78, 5) is 20.5. The Morgan fingerprint density at radius 2 is 1.83 bits per heavy atom. The van der Waals surface area contributed by atoms with Gasteiger partial charge in [-0.05, 0) is 36.2 Å². The van der Waals surface area contributed by atoms with Crippen molar-refractivity contribution in [3.05, 3.63) is 107 Å². The molecule has 30 heavy (non-hydrogen) atoms. The molecule has 1 aliphatic rings. The van der Waals surface area contributed by atoms with Gasteiger partial charge in [-0.25, -0.2) is 4.39 Å². The van der Waals surface area contributed by atoms with Crippen LogP contribution in [0.2, 0.25) is 0 Å². The van der Waals surface area contributed by atoms with Crippen LogP contribution >= 0.6 is 0 Å². The molecule has 152 valence electrons. The number of oxime groups is 1. The quantitative estimate of drug-likeness (QED) is 0.584. The van der Waals surface area contributed by atoms with Crippen molar-refractivity contribution >= 4 is 11.6 Å². The summed E-state index contributed by atoms with van der Waals surface area (Å²) in [5.41, 5.74) is 4.41. The molecule has 0 aliphatic carbocycles. The second kappa shape index (κ2) is 8.91. The van der Waals surface area contributed by atoms with E-state index >= 15 is 0 Å². The van der Waals surface area contributed by atoms with Crippen LogP contribution in [0.15, 0.2) is 84.0 Å². The fourth-order valence-corrected chi connectivity index (χ4v) is 3.66. The van der Waals surface area contributed by atoms with Crippen LogP contribution < -0.4 is 0 Å². The van der Waals surface area contributed by atoms with Crippen LogP contribution in [0.1, 0.15) is 33.5 Å². The molecule has 0 spiro atoms. The van der Waals surface area contributed by atoms with Crippen molar-refractivity contribution in [1.29, 1.82) is 0 Å². The van der Waals surface area contributed by atoms with E-state index in [1.54, 1.807) is 17.0 Å². The Bertz CT molecular complexity index is 1070. The maximum absolute atomic E-state index is 13.7. The van der Waals surface area contributed by atoms with Crippen molar-refractivity contribution in [3.8, 4) is 0 Å². The van der Waals surface area contributed by atoms with Crippen LogP contribution in [-0.4, -0.2) is 29.2 Å². The minimum absolute atomic E-state index is 0.230. The van der Waals surface area contributed by atoms with Crippen LogP contribution in [-0.2, 0) is 11.4 Å². The first kappa shape index (κ1) is 19.8. The van der Waals surface area contributed by atoms with Gasteiger partial charge in [0.2, 0.25) is 0 Å². The monoisotopic (exact) mass is 402 g/mol. The molecule has 3 aromatic rings. The van der Waals surface area contributed by atoms with Gasteiger partial charge < -0.3 is 9.74 Å². The number of hydrogen-bond acceptors (Lipinski definition) is 3. The van der Waals surface area contributed by atoms with Crippen LogP contribution in [0.4, 0.5) is 4.39 Å². The standard InChI is InChI=1S/C25H23FN2O2/c1-18-8-5-6-13-23(18)24-15-22(30-27-24)17-28(16-19-9-3-2-4-10-19)25(29)20-11-7-12-21(26)14-20/h2-14,22H,15-17H2,1H3/t22-/m1/s1. The largest absolute Gasteiger partial charge is 0.390 e. The van der Waals surface area contributed by atoms with Crippen LogP contribution in [0.5, 0.6) is 0 Å². The lowest BCUT2D eigenvalue weighted by molar-refractivity contribution is 0.0405. The summed E-state index contributed by atoms with van der Waals surface area (Å²) < 4.78 is 13.7. The first-order chi connectivity index (χ1) is 14.6. The van der Waals surface area contributed by atoms with E-state index in [4.69, 9.17) is 4.84 Å². The highest BCUT2D eigenvalue weighted by atomic mass is 19.1. The van der Waals surface area contributed by atoms with E-state index in [2.05, 4.69) is 5.16 Å². The minimum atomic E-state index is -0.428. The third kappa shape index (κ3) is 4.57. The Labute approximate surface area is 175 Å². The van der Waals surface area contributed by atoms with Crippen molar-refractivity contribution in [3.63, 3.8) is 0 Å². The zero-order valence-corrected chi connectivity index (χ0v) is 16.8. The number of benzene rings is 3. The number of aryl methyl sites for hydroxylation is 1. The molecule has 1 amide bonds. The number of hydrogen-bond donors (Lipinski definition) is 0. The van der Waals surface area contributed by atoms with Crippen LogP contribution in [0, 0.1) is 12.7 Å². The second-order valence-electron chi connectivity index (χ2n) is 7.47. The maximum atomic E-state index is 13.7. The van der Waals surface area contributed by atoms with Gasteiger partial charge in [-0.15, -0.1) is 0 Å². The summed E-state index contributed by atoms with van der Waals surface area (Å²) in [6.07, 6.45) is 0.368. The van der Waals surface area contributed by atoms with E-state index in [-0.39, 0.29) is 12.0 Å². The lowest BCUT2D eigenvalue weighted by Gasteiger charge is -2.25. The van der Waals surface area contributed by atoms with Crippen molar-refractivity contribution in [1.82, 2.24) is 4.90 Å². The molecule has 0 radical (unpaired) electrons. The van der Waals surface area contributed by atoms with Crippen molar-refractivity contribution in [2.75, 3.05) is 6.54 Å². The molecule has 0 aromatic heterocycles. The third-order valence-corrected chi connectivity index (χ3v) is 5.19. The molecule has 4 rings (SSSR count). The summed E-state index contributed by atoms with van der Waals surface area (Å²) in [5, 5.41) is 4.27. The molecule has 0 fully saturated rings. The summed E-state index contributed by atoms with van der Waals surface area (Å²) in [6.45, 7) is 2.82. The summed E-state index contributed by atoms with van der Waals surface area (Å²) >= 11 is 0. The Balaban J connectivity index is 1.52. The third-order valence-electron chi connectivity index (χ3n) is 5.19. The number of rotatable bonds is 6. The normalized spacial score (nSPS) is 15.4. The number of amides is 1. The lowest BCUT2D eigenvalue weighted by atomic mass is 10.00. The van der Waals surface area contributed by atoms with Gasteiger partial charge in [0.1, 0.15) is 5.82 Å². The summed E-state index contributed by atoms with van der Waals surface area (Å²) in [7, 11) is 0. The topological polar surface area (TPSA) is 41.9 Å². The molecule has 1 heterocycles.